The Morgan fingerprint density at radius 3 is 2.50 bits per heavy atom. The molecule has 1 aliphatic carbocycles. The zero-order valence-electron chi connectivity index (χ0n) is 20.7. The predicted octanol–water partition coefficient (Wildman–Crippen LogP) is 5.09. The Bertz CT molecular complexity index is 806. The van der Waals surface area contributed by atoms with Crippen molar-refractivity contribution < 1.29 is 4.79 Å². The molecular weight excluding hydrogens is 398 g/mol. The monoisotopic (exact) mass is 441 g/mol. The number of nitrogens with two attached hydrogens (primary N) is 2. The van der Waals surface area contributed by atoms with Crippen LogP contribution < -0.4 is 22.1 Å². The topological polar surface area (TPSA) is 117 Å². The Labute approximate surface area is 194 Å². The van der Waals surface area contributed by atoms with E-state index < -0.39 is 0 Å². The van der Waals surface area contributed by atoms with Crippen LogP contribution in [0.25, 0.3) is 0 Å². The van der Waals surface area contributed by atoms with Crippen LogP contribution >= 0.6 is 0 Å². The van der Waals surface area contributed by atoms with Crippen molar-refractivity contribution in [2.45, 2.75) is 60.3 Å². The largest absolute Gasteiger partial charge is 0.404 e. The van der Waals surface area contributed by atoms with Gasteiger partial charge in [-0.25, -0.2) is 0 Å². The van der Waals surface area contributed by atoms with Gasteiger partial charge in [-0.2, -0.15) is 0 Å². The molecule has 0 fully saturated rings. The number of nitrogens with one attached hydrogen (secondary N) is 3. The molecule has 32 heavy (non-hydrogen) atoms. The summed E-state index contributed by atoms with van der Waals surface area (Å²) >= 11 is 0. The van der Waals surface area contributed by atoms with Gasteiger partial charge in [-0.05, 0) is 67.6 Å². The molecule has 1 aromatic carbocycles. The summed E-state index contributed by atoms with van der Waals surface area (Å²) in [6.07, 6.45) is 10.2. The lowest BCUT2D eigenvalue weighted by molar-refractivity contribution is -0.105. The highest BCUT2D eigenvalue weighted by Crippen LogP contribution is 2.37. The van der Waals surface area contributed by atoms with E-state index in [-0.39, 0.29) is 5.41 Å². The van der Waals surface area contributed by atoms with E-state index in [4.69, 9.17) is 16.9 Å². The van der Waals surface area contributed by atoms with Gasteiger partial charge in [-0.1, -0.05) is 58.9 Å². The van der Waals surface area contributed by atoms with Gasteiger partial charge < -0.3 is 22.1 Å². The fraction of sp³-hybridized carbons (Fsp3) is 0.462. The highest BCUT2D eigenvalue weighted by molar-refractivity contribution is 6.11. The highest BCUT2D eigenvalue weighted by Gasteiger charge is 2.27. The second-order valence-corrected chi connectivity index (χ2v) is 8.15. The van der Waals surface area contributed by atoms with Crippen LogP contribution in [-0.4, -0.2) is 25.7 Å². The second-order valence-electron chi connectivity index (χ2n) is 8.15. The molecule has 0 bridgehead atoms. The Hall–Kier alpha value is -2.86. The van der Waals surface area contributed by atoms with Crippen molar-refractivity contribution in [1.29, 1.82) is 5.41 Å². The van der Waals surface area contributed by atoms with Crippen molar-refractivity contribution in [3.8, 4) is 0 Å². The minimum absolute atomic E-state index is 0.217. The quantitative estimate of drug-likeness (QED) is 0.219. The van der Waals surface area contributed by atoms with Crippen LogP contribution in [0.3, 0.4) is 0 Å². The fourth-order valence-electron chi connectivity index (χ4n) is 3.27. The summed E-state index contributed by atoms with van der Waals surface area (Å²) in [5.74, 6) is 0. The molecule has 0 atom stereocenters. The number of allylic oxidation sites excluding steroid dienone is 3. The van der Waals surface area contributed by atoms with Crippen molar-refractivity contribution in [3.63, 3.8) is 0 Å². The molecule has 7 N–H and O–H groups in total. The molecule has 0 saturated carbocycles. The molecular formula is C26H43N5O. The standard InChI is InChI=1S/C16H21N3O.C8H16N2.C2H6/c1-16(2)7-6-13(14(17)9-16)15(18)11-4-3-5-12(8-11)19-10-20;1-3-4-5-8(6-9)7-10-2;1-2/h3-5,8,10,18H,6-7,9,17H2,1-2H3,(H,19,20);4-6,10H,3,7,9H2,1-2H3;1-2H3/b;5-4-,8-6+;. The van der Waals surface area contributed by atoms with Crippen LogP contribution in [0, 0.1) is 10.8 Å². The first kappa shape index (κ1) is 29.1. The molecule has 6 nitrogen and oxygen atoms in total. The average Bonchev–Trinajstić information content (AvgIpc) is 2.78. The molecule has 0 radical (unpaired) electrons. The van der Waals surface area contributed by atoms with E-state index in [1.54, 1.807) is 18.3 Å². The minimum Gasteiger partial charge on any atom is -0.404 e. The highest BCUT2D eigenvalue weighted by atomic mass is 16.1. The summed E-state index contributed by atoms with van der Waals surface area (Å²) < 4.78 is 0. The van der Waals surface area contributed by atoms with E-state index in [9.17, 15) is 4.79 Å². The van der Waals surface area contributed by atoms with Gasteiger partial charge in [0.15, 0.2) is 0 Å². The maximum Gasteiger partial charge on any atom is 0.211 e. The number of hydrogen-bond donors (Lipinski definition) is 5. The smallest absolute Gasteiger partial charge is 0.211 e. The molecule has 1 aliphatic rings. The number of hydrogen-bond acceptors (Lipinski definition) is 5. The van der Waals surface area contributed by atoms with E-state index in [2.05, 4.69) is 37.5 Å². The van der Waals surface area contributed by atoms with E-state index in [0.29, 0.717) is 17.8 Å². The van der Waals surface area contributed by atoms with Gasteiger partial charge >= 0.3 is 0 Å². The van der Waals surface area contributed by atoms with Crippen LogP contribution in [0.5, 0.6) is 0 Å². The number of benzene rings is 1. The van der Waals surface area contributed by atoms with Gasteiger partial charge in [0.25, 0.3) is 0 Å². The average molecular weight is 442 g/mol. The molecule has 6 heteroatoms. The maximum atomic E-state index is 10.5. The molecule has 0 aromatic heterocycles. The number of carbonyl (C=O) groups excluding carboxylic acids is 1. The summed E-state index contributed by atoms with van der Waals surface area (Å²) in [5.41, 5.74) is 16.6. The Balaban J connectivity index is 0.000000680. The maximum absolute atomic E-state index is 10.5. The molecule has 0 spiro atoms. The van der Waals surface area contributed by atoms with Crippen LogP contribution in [0.15, 0.2) is 59.5 Å². The number of rotatable bonds is 8. The molecule has 1 amide bonds. The van der Waals surface area contributed by atoms with Crippen molar-refractivity contribution in [2.24, 2.45) is 16.9 Å². The summed E-state index contributed by atoms with van der Waals surface area (Å²) in [5, 5.41) is 14.0. The van der Waals surface area contributed by atoms with E-state index in [1.807, 2.05) is 39.1 Å². The van der Waals surface area contributed by atoms with Crippen LogP contribution in [-0.2, 0) is 4.79 Å². The summed E-state index contributed by atoms with van der Waals surface area (Å²) in [6, 6.07) is 7.31. The molecule has 0 heterocycles. The van der Waals surface area contributed by atoms with Gasteiger partial charge in [0.2, 0.25) is 6.41 Å². The first-order valence-corrected chi connectivity index (χ1v) is 11.4. The third kappa shape index (κ3) is 10.4. The number of anilines is 1. The lowest BCUT2D eigenvalue weighted by Crippen LogP contribution is -2.25. The second kappa shape index (κ2) is 15.9. The van der Waals surface area contributed by atoms with E-state index in [1.165, 1.54) is 0 Å². The Morgan fingerprint density at radius 2 is 1.97 bits per heavy atom. The zero-order chi connectivity index (χ0) is 24.6. The van der Waals surface area contributed by atoms with Crippen molar-refractivity contribution in [2.75, 3.05) is 18.9 Å². The summed E-state index contributed by atoms with van der Waals surface area (Å²) in [6.45, 7) is 11.3. The Morgan fingerprint density at radius 1 is 1.28 bits per heavy atom. The molecule has 0 aliphatic heterocycles. The van der Waals surface area contributed by atoms with Crippen LogP contribution in [0.1, 0.15) is 65.9 Å². The van der Waals surface area contributed by atoms with Gasteiger partial charge in [0, 0.05) is 23.5 Å². The van der Waals surface area contributed by atoms with Crippen LogP contribution in [0.4, 0.5) is 5.69 Å². The van der Waals surface area contributed by atoms with Crippen molar-refractivity contribution in [3.05, 3.63) is 65.0 Å². The summed E-state index contributed by atoms with van der Waals surface area (Å²) in [7, 11) is 1.91. The Kier molecular flexibility index (Phi) is 14.5. The number of likely N-dealkylation sites (N-methyl/N-ethyl adjacent to an activating group) is 1. The molecule has 0 saturated heterocycles. The van der Waals surface area contributed by atoms with Crippen molar-refractivity contribution >= 4 is 17.8 Å². The third-order valence-electron chi connectivity index (χ3n) is 4.95. The fourth-order valence-corrected chi connectivity index (χ4v) is 3.27. The zero-order valence-corrected chi connectivity index (χ0v) is 20.7. The SMILES string of the molecule is CC.CC/C=C\C(=C/N)CNC.CC1(C)CCC(C(=N)c2cccc(NC=O)c2)=C(N)C1. The molecule has 1 aromatic rings. The van der Waals surface area contributed by atoms with Crippen molar-refractivity contribution in [1.82, 2.24) is 5.32 Å². The molecule has 0 unspecified atom stereocenters. The third-order valence-corrected chi connectivity index (χ3v) is 4.95. The van der Waals surface area contributed by atoms with E-state index >= 15 is 0 Å². The first-order valence-electron chi connectivity index (χ1n) is 11.4. The lowest BCUT2D eigenvalue weighted by Gasteiger charge is -2.31. The van der Waals surface area contributed by atoms with Gasteiger partial charge in [-0.3, -0.25) is 10.2 Å². The van der Waals surface area contributed by atoms with Gasteiger partial charge in [0.1, 0.15) is 0 Å². The molecule has 2 rings (SSSR count). The lowest BCUT2D eigenvalue weighted by atomic mass is 9.75. The van der Waals surface area contributed by atoms with Crippen LogP contribution in [0.2, 0.25) is 0 Å². The van der Waals surface area contributed by atoms with Gasteiger partial charge in [-0.15, -0.1) is 0 Å². The number of amides is 1. The van der Waals surface area contributed by atoms with Gasteiger partial charge in [0.05, 0.1) is 5.71 Å². The molecule has 178 valence electrons. The predicted molar refractivity (Wildman–Crippen MR) is 139 cm³/mol. The minimum atomic E-state index is 0.217. The van der Waals surface area contributed by atoms with E-state index in [0.717, 1.165) is 54.6 Å². The normalized spacial score (nSPS) is 15.2. The first-order chi connectivity index (χ1) is 15.3. The summed E-state index contributed by atoms with van der Waals surface area (Å²) in [4.78, 5) is 10.5. The number of carbonyl (C=O) groups is 1.